The summed E-state index contributed by atoms with van der Waals surface area (Å²) in [6.07, 6.45) is 9.05. The van der Waals surface area contributed by atoms with Crippen LogP contribution >= 0.6 is 11.8 Å². The van der Waals surface area contributed by atoms with Crippen LogP contribution in [0.5, 0.6) is 0 Å². The van der Waals surface area contributed by atoms with Crippen molar-refractivity contribution in [2.45, 2.75) is 57.0 Å². The molecule has 0 amide bonds. The van der Waals surface area contributed by atoms with Crippen molar-refractivity contribution in [2.24, 2.45) is 11.8 Å². The number of hydrogen-bond acceptors (Lipinski definition) is 3. The molecule has 0 N–H and O–H groups in total. The molecule has 2 aliphatic heterocycles. The van der Waals surface area contributed by atoms with Crippen LogP contribution in [-0.2, 0) is 9.53 Å². The van der Waals surface area contributed by atoms with Crippen LogP contribution in [0, 0.1) is 11.8 Å². The second kappa shape index (κ2) is 5.54. The molecule has 1 saturated carbocycles. The normalized spacial score (nSPS) is 36.8. The fourth-order valence-corrected chi connectivity index (χ4v) is 5.25. The van der Waals surface area contributed by atoms with Gasteiger partial charge < -0.3 is 4.74 Å². The molecule has 0 aromatic heterocycles. The third kappa shape index (κ3) is 2.62. The molecule has 0 radical (unpaired) electrons. The van der Waals surface area contributed by atoms with Crippen molar-refractivity contribution in [1.29, 1.82) is 0 Å². The van der Waals surface area contributed by atoms with Gasteiger partial charge in [-0.25, -0.2) is 0 Å². The molecule has 0 bridgehead atoms. The lowest BCUT2D eigenvalue weighted by Crippen LogP contribution is -2.45. The highest BCUT2D eigenvalue weighted by Crippen LogP contribution is 2.44. The molecule has 2 atom stereocenters. The highest BCUT2D eigenvalue weighted by molar-refractivity contribution is 7.99. The first-order valence-electron chi connectivity index (χ1n) is 7.54. The molecule has 102 valence electrons. The first-order valence-corrected chi connectivity index (χ1v) is 8.69. The fraction of sp³-hybridized carbons (Fsp3) is 0.933. The summed E-state index contributed by atoms with van der Waals surface area (Å²) in [7, 11) is 0. The Hall–Kier alpha value is -0.0200. The Morgan fingerprint density at radius 1 is 1.17 bits per heavy atom. The molecule has 2 nitrogen and oxygen atoms in total. The van der Waals surface area contributed by atoms with Gasteiger partial charge in [0.1, 0.15) is 5.78 Å². The summed E-state index contributed by atoms with van der Waals surface area (Å²) in [4.78, 5) is 12.1. The Morgan fingerprint density at radius 3 is 2.78 bits per heavy atom. The molecule has 18 heavy (non-hydrogen) atoms. The molecule has 0 aromatic carbocycles. The van der Waals surface area contributed by atoms with E-state index in [2.05, 4.69) is 11.8 Å². The van der Waals surface area contributed by atoms with Gasteiger partial charge in [-0.3, -0.25) is 4.79 Å². The number of ether oxygens (including phenoxy) is 1. The standard InChI is InChI=1S/C15H24O2S/c16-14-4-2-1-3-13(14)12-5-8-17-15(11-12)6-9-18-10-7-15/h12-13H,1-11H2. The van der Waals surface area contributed by atoms with Crippen molar-refractivity contribution in [2.75, 3.05) is 18.1 Å². The highest BCUT2D eigenvalue weighted by Gasteiger charge is 2.42. The molecule has 0 aromatic rings. The molecule has 1 aliphatic carbocycles. The Kier molecular flexibility index (Phi) is 4.00. The quantitative estimate of drug-likeness (QED) is 0.729. The Bertz CT molecular complexity index is 304. The zero-order chi connectivity index (χ0) is 12.4. The lowest BCUT2D eigenvalue weighted by molar-refractivity contribution is -0.136. The van der Waals surface area contributed by atoms with Gasteiger partial charge in [0.15, 0.2) is 0 Å². The van der Waals surface area contributed by atoms with Crippen LogP contribution < -0.4 is 0 Å². The predicted octanol–water partition coefficient (Wildman–Crippen LogP) is 3.44. The Balaban J connectivity index is 1.67. The minimum atomic E-state index is 0.145. The van der Waals surface area contributed by atoms with Gasteiger partial charge in [-0.15, -0.1) is 0 Å². The van der Waals surface area contributed by atoms with E-state index in [9.17, 15) is 4.79 Å². The SMILES string of the molecule is O=C1CCCCC1C1CCOC2(CCSCC2)C1. The lowest BCUT2D eigenvalue weighted by Gasteiger charge is -2.45. The molecular formula is C15H24O2S. The summed E-state index contributed by atoms with van der Waals surface area (Å²) in [5.74, 6) is 4.02. The molecule has 3 aliphatic rings. The van der Waals surface area contributed by atoms with E-state index in [1.165, 1.54) is 30.8 Å². The average Bonchev–Trinajstić information content (AvgIpc) is 2.40. The summed E-state index contributed by atoms with van der Waals surface area (Å²) < 4.78 is 6.14. The molecule has 1 spiro atoms. The zero-order valence-electron chi connectivity index (χ0n) is 11.2. The molecule has 2 unspecified atom stereocenters. The third-order valence-electron chi connectivity index (χ3n) is 5.11. The van der Waals surface area contributed by atoms with Crippen LogP contribution in [-0.4, -0.2) is 29.5 Å². The number of hydrogen-bond donors (Lipinski definition) is 0. The first-order chi connectivity index (χ1) is 8.79. The monoisotopic (exact) mass is 268 g/mol. The summed E-state index contributed by atoms with van der Waals surface area (Å²) in [5, 5.41) is 0. The van der Waals surface area contributed by atoms with E-state index in [1.807, 2.05) is 0 Å². The molecule has 2 heterocycles. The Morgan fingerprint density at radius 2 is 2.00 bits per heavy atom. The van der Waals surface area contributed by atoms with Crippen molar-refractivity contribution in [3.8, 4) is 0 Å². The second-order valence-corrected chi connectivity index (χ2v) is 7.44. The Labute approximate surface area is 114 Å². The predicted molar refractivity (Wildman–Crippen MR) is 74.9 cm³/mol. The number of Topliss-reactive ketones (excluding diaryl/α,β-unsaturated/α-hetero) is 1. The van der Waals surface area contributed by atoms with E-state index in [-0.39, 0.29) is 5.60 Å². The topological polar surface area (TPSA) is 26.3 Å². The van der Waals surface area contributed by atoms with Crippen molar-refractivity contribution >= 4 is 17.5 Å². The van der Waals surface area contributed by atoms with Crippen molar-refractivity contribution < 1.29 is 9.53 Å². The zero-order valence-corrected chi connectivity index (χ0v) is 12.0. The minimum absolute atomic E-state index is 0.145. The lowest BCUT2D eigenvalue weighted by atomic mass is 9.71. The molecule has 3 heteroatoms. The van der Waals surface area contributed by atoms with Gasteiger partial charge in [0, 0.05) is 18.9 Å². The van der Waals surface area contributed by atoms with Gasteiger partial charge in [0.2, 0.25) is 0 Å². The van der Waals surface area contributed by atoms with E-state index < -0.39 is 0 Å². The largest absolute Gasteiger partial charge is 0.375 e. The van der Waals surface area contributed by atoms with Crippen molar-refractivity contribution in [3.05, 3.63) is 0 Å². The maximum atomic E-state index is 12.1. The van der Waals surface area contributed by atoms with E-state index in [0.29, 0.717) is 17.6 Å². The van der Waals surface area contributed by atoms with Gasteiger partial charge >= 0.3 is 0 Å². The molecule has 3 rings (SSSR count). The van der Waals surface area contributed by atoms with Gasteiger partial charge in [0.25, 0.3) is 0 Å². The smallest absolute Gasteiger partial charge is 0.136 e. The van der Waals surface area contributed by atoms with E-state index >= 15 is 0 Å². The van der Waals surface area contributed by atoms with Crippen LogP contribution in [0.15, 0.2) is 0 Å². The van der Waals surface area contributed by atoms with E-state index in [1.54, 1.807) is 0 Å². The number of carbonyl (C=O) groups excluding carboxylic acids is 1. The van der Waals surface area contributed by atoms with Crippen LogP contribution in [0.3, 0.4) is 0 Å². The van der Waals surface area contributed by atoms with Crippen molar-refractivity contribution in [1.82, 2.24) is 0 Å². The number of carbonyl (C=O) groups is 1. The van der Waals surface area contributed by atoms with Crippen LogP contribution in [0.25, 0.3) is 0 Å². The number of rotatable bonds is 1. The summed E-state index contributed by atoms with van der Waals surface area (Å²) in [5.41, 5.74) is 0.145. The number of ketones is 1. The van der Waals surface area contributed by atoms with Crippen LogP contribution in [0.1, 0.15) is 51.4 Å². The first kappa shape index (κ1) is 13.0. The van der Waals surface area contributed by atoms with Gasteiger partial charge in [-0.1, -0.05) is 6.42 Å². The average molecular weight is 268 g/mol. The van der Waals surface area contributed by atoms with E-state index in [0.717, 1.165) is 38.7 Å². The highest BCUT2D eigenvalue weighted by atomic mass is 32.2. The summed E-state index contributed by atoms with van der Waals surface area (Å²) >= 11 is 2.05. The van der Waals surface area contributed by atoms with E-state index in [4.69, 9.17) is 4.74 Å². The molecule has 3 fully saturated rings. The maximum Gasteiger partial charge on any atom is 0.136 e. The van der Waals surface area contributed by atoms with Gasteiger partial charge in [-0.05, 0) is 55.9 Å². The van der Waals surface area contributed by atoms with Crippen LogP contribution in [0.4, 0.5) is 0 Å². The van der Waals surface area contributed by atoms with Crippen molar-refractivity contribution in [3.63, 3.8) is 0 Å². The minimum Gasteiger partial charge on any atom is -0.375 e. The summed E-state index contributed by atoms with van der Waals surface area (Å²) in [6, 6.07) is 0. The van der Waals surface area contributed by atoms with Crippen LogP contribution in [0.2, 0.25) is 0 Å². The third-order valence-corrected chi connectivity index (χ3v) is 6.09. The summed E-state index contributed by atoms with van der Waals surface area (Å²) in [6.45, 7) is 0.888. The maximum absolute atomic E-state index is 12.1. The second-order valence-electron chi connectivity index (χ2n) is 6.22. The van der Waals surface area contributed by atoms with Gasteiger partial charge in [0.05, 0.1) is 5.60 Å². The fourth-order valence-electron chi connectivity index (χ4n) is 4.01. The molecular weight excluding hydrogens is 244 g/mol. The van der Waals surface area contributed by atoms with Gasteiger partial charge in [-0.2, -0.15) is 11.8 Å². The molecule has 2 saturated heterocycles. The number of thioether (sulfide) groups is 1.